The summed E-state index contributed by atoms with van der Waals surface area (Å²) in [5.74, 6) is 1.24. The molecule has 0 spiro atoms. The van der Waals surface area contributed by atoms with E-state index < -0.39 is 5.54 Å². The lowest BCUT2D eigenvalue weighted by atomic mass is 9.75. The van der Waals surface area contributed by atoms with Crippen LogP contribution >= 0.6 is 0 Å². The van der Waals surface area contributed by atoms with Crippen LogP contribution in [0.2, 0.25) is 0 Å². The topological polar surface area (TPSA) is 74.2 Å². The van der Waals surface area contributed by atoms with Gasteiger partial charge in [-0.05, 0) is 27.7 Å². The second kappa shape index (κ2) is 4.51. The zero-order valence-electron chi connectivity index (χ0n) is 10.7. The average molecular weight is 227 g/mol. The Morgan fingerprint density at radius 3 is 2.44 bits per heavy atom. The van der Waals surface area contributed by atoms with Crippen LogP contribution in [0.25, 0.3) is 0 Å². The molecule has 0 unspecified atom stereocenters. The molecule has 0 aliphatic rings. The molecule has 0 saturated heterocycles. The fraction of sp³-hybridized carbons (Fsp3) is 0.818. The van der Waals surface area contributed by atoms with Gasteiger partial charge in [-0.25, -0.2) is 0 Å². The molecule has 2 N–H and O–H groups in total. The molecule has 0 atom stereocenters. The lowest BCUT2D eigenvalue weighted by Gasteiger charge is -2.34. The highest BCUT2D eigenvalue weighted by Gasteiger charge is 2.40. The molecule has 92 valence electrons. The molecule has 0 aromatic carbocycles. The molecule has 1 aromatic heterocycles. The highest BCUT2D eigenvalue weighted by atomic mass is 16.5. The van der Waals surface area contributed by atoms with Crippen molar-refractivity contribution in [2.45, 2.75) is 45.1 Å². The van der Waals surface area contributed by atoms with Crippen LogP contribution in [0.5, 0.6) is 0 Å². The first-order valence-corrected chi connectivity index (χ1v) is 5.40. The van der Waals surface area contributed by atoms with E-state index in [4.69, 9.17) is 15.0 Å². The van der Waals surface area contributed by atoms with E-state index >= 15 is 0 Å². The predicted molar refractivity (Wildman–Crippen MR) is 61.2 cm³/mol. The maximum absolute atomic E-state index is 6.10. The van der Waals surface area contributed by atoms with Crippen molar-refractivity contribution in [1.29, 1.82) is 0 Å². The molecule has 0 fully saturated rings. The van der Waals surface area contributed by atoms with E-state index in [0.717, 1.165) is 0 Å². The van der Waals surface area contributed by atoms with E-state index in [2.05, 4.69) is 10.1 Å². The van der Waals surface area contributed by atoms with Gasteiger partial charge in [0.15, 0.2) is 5.82 Å². The molecule has 0 bridgehead atoms. The zero-order valence-corrected chi connectivity index (χ0v) is 10.7. The van der Waals surface area contributed by atoms with Crippen molar-refractivity contribution in [2.24, 2.45) is 5.73 Å². The van der Waals surface area contributed by atoms with E-state index in [1.165, 1.54) is 0 Å². The number of rotatable bonds is 5. The van der Waals surface area contributed by atoms with Gasteiger partial charge in [0.1, 0.15) is 0 Å². The highest BCUT2D eigenvalue weighted by Crippen LogP contribution is 2.31. The number of methoxy groups -OCH3 is 1. The van der Waals surface area contributed by atoms with Crippen LogP contribution in [0, 0.1) is 0 Å². The molecule has 0 radical (unpaired) electrons. The third-order valence-electron chi connectivity index (χ3n) is 3.14. The van der Waals surface area contributed by atoms with Gasteiger partial charge >= 0.3 is 0 Å². The van der Waals surface area contributed by atoms with Gasteiger partial charge in [0, 0.05) is 19.1 Å². The molecule has 0 saturated carbocycles. The first-order chi connectivity index (χ1) is 7.29. The van der Waals surface area contributed by atoms with Crippen LogP contribution in [-0.4, -0.2) is 29.4 Å². The summed E-state index contributed by atoms with van der Waals surface area (Å²) in [6.07, 6.45) is 0.654. The van der Waals surface area contributed by atoms with Gasteiger partial charge in [0.2, 0.25) is 5.89 Å². The number of ether oxygens (including phenoxy) is 1. The number of hydrogen-bond donors (Lipinski definition) is 1. The summed E-state index contributed by atoms with van der Waals surface area (Å²) >= 11 is 0. The molecule has 5 heteroatoms. The van der Waals surface area contributed by atoms with Gasteiger partial charge in [0.25, 0.3) is 0 Å². The minimum absolute atomic E-state index is 0.356. The molecule has 0 aliphatic heterocycles. The lowest BCUT2D eigenvalue weighted by Crippen LogP contribution is -2.50. The van der Waals surface area contributed by atoms with Crippen molar-refractivity contribution in [1.82, 2.24) is 10.1 Å². The Morgan fingerprint density at radius 2 is 1.94 bits per heavy atom. The molecule has 0 aliphatic carbocycles. The molecular weight excluding hydrogens is 206 g/mol. The van der Waals surface area contributed by atoms with Gasteiger partial charge in [-0.1, -0.05) is 5.16 Å². The Balaban J connectivity index is 2.85. The molecule has 1 rings (SSSR count). The number of hydrogen-bond acceptors (Lipinski definition) is 5. The van der Waals surface area contributed by atoms with Crippen LogP contribution in [0.1, 0.15) is 39.4 Å². The quantitative estimate of drug-likeness (QED) is 0.820. The van der Waals surface area contributed by atoms with Gasteiger partial charge < -0.3 is 15.0 Å². The second-order valence-corrected chi connectivity index (χ2v) is 5.11. The summed E-state index contributed by atoms with van der Waals surface area (Å²) in [4.78, 5) is 4.35. The summed E-state index contributed by atoms with van der Waals surface area (Å²) < 4.78 is 10.2. The van der Waals surface area contributed by atoms with Crippen LogP contribution in [0.3, 0.4) is 0 Å². The highest BCUT2D eigenvalue weighted by molar-refractivity contribution is 5.10. The third kappa shape index (κ3) is 2.59. The zero-order chi connectivity index (χ0) is 12.4. The van der Waals surface area contributed by atoms with E-state index in [1.54, 1.807) is 7.11 Å². The van der Waals surface area contributed by atoms with Crippen molar-refractivity contribution in [3.63, 3.8) is 0 Å². The van der Waals surface area contributed by atoms with E-state index in [0.29, 0.717) is 24.7 Å². The van der Waals surface area contributed by atoms with Crippen LogP contribution in [-0.2, 0) is 16.6 Å². The smallest absolute Gasteiger partial charge is 0.234 e. The molecule has 16 heavy (non-hydrogen) atoms. The van der Waals surface area contributed by atoms with Crippen molar-refractivity contribution in [2.75, 3.05) is 13.7 Å². The monoisotopic (exact) mass is 227 g/mol. The van der Waals surface area contributed by atoms with Crippen LogP contribution < -0.4 is 5.73 Å². The fourth-order valence-electron chi connectivity index (χ4n) is 1.08. The summed E-state index contributed by atoms with van der Waals surface area (Å²) in [7, 11) is 1.65. The third-order valence-corrected chi connectivity index (χ3v) is 3.14. The van der Waals surface area contributed by atoms with Gasteiger partial charge in [-0.2, -0.15) is 4.98 Å². The maximum atomic E-state index is 6.10. The summed E-state index contributed by atoms with van der Waals surface area (Å²) in [5, 5.41) is 3.91. The largest absolute Gasteiger partial charge is 0.384 e. The molecular formula is C11H21N3O2. The minimum atomic E-state index is -0.419. The standard InChI is InChI=1S/C11H21N3O2/c1-10(2,11(3,4)12)9-13-8(14-16-9)6-7-15-5/h6-7,12H2,1-5H3. The summed E-state index contributed by atoms with van der Waals surface area (Å²) in [6.45, 7) is 8.49. The van der Waals surface area contributed by atoms with Crippen molar-refractivity contribution in [3.8, 4) is 0 Å². The van der Waals surface area contributed by atoms with E-state index in [1.807, 2.05) is 27.7 Å². The average Bonchev–Trinajstić information content (AvgIpc) is 2.61. The normalized spacial score (nSPS) is 13.1. The molecule has 1 aromatic rings. The maximum Gasteiger partial charge on any atom is 0.234 e. The SMILES string of the molecule is COCCc1noc(C(C)(C)C(C)(C)N)n1. The second-order valence-electron chi connectivity index (χ2n) is 5.11. The number of nitrogens with two attached hydrogens (primary N) is 1. The van der Waals surface area contributed by atoms with Gasteiger partial charge in [0.05, 0.1) is 12.0 Å². The molecule has 5 nitrogen and oxygen atoms in total. The minimum Gasteiger partial charge on any atom is -0.384 e. The van der Waals surface area contributed by atoms with Crippen LogP contribution in [0.15, 0.2) is 4.52 Å². The number of aromatic nitrogens is 2. The lowest BCUT2D eigenvalue weighted by molar-refractivity contribution is 0.199. The first kappa shape index (κ1) is 13.1. The van der Waals surface area contributed by atoms with E-state index in [-0.39, 0.29) is 5.41 Å². The number of nitrogens with zero attached hydrogens (tertiary/aromatic N) is 2. The Kier molecular flexibility index (Phi) is 3.70. The van der Waals surface area contributed by atoms with Crippen LogP contribution in [0.4, 0.5) is 0 Å². The van der Waals surface area contributed by atoms with E-state index in [9.17, 15) is 0 Å². The fourth-order valence-corrected chi connectivity index (χ4v) is 1.08. The first-order valence-electron chi connectivity index (χ1n) is 5.40. The Bertz CT molecular complexity index is 339. The summed E-state index contributed by atoms with van der Waals surface area (Å²) in [6, 6.07) is 0. The predicted octanol–water partition coefficient (Wildman–Crippen LogP) is 1.27. The van der Waals surface area contributed by atoms with Crippen molar-refractivity contribution in [3.05, 3.63) is 11.7 Å². The Hall–Kier alpha value is -0.940. The summed E-state index contributed by atoms with van der Waals surface area (Å²) in [5.41, 5.74) is 5.33. The van der Waals surface area contributed by atoms with Crippen molar-refractivity contribution < 1.29 is 9.26 Å². The molecule has 1 heterocycles. The Morgan fingerprint density at radius 1 is 1.31 bits per heavy atom. The van der Waals surface area contributed by atoms with Gasteiger partial charge in [-0.3, -0.25) is 0 Å². The molecule has 0 amide bonds. The Labute approximate surface area is 96.4 Å². The van der Waals surface area contributed by atoms with Gasteiger partial charge in [-0.15, -0.1) is 0 Å². The van der Waals surface area contributed by atoms with Crippen molar-refractivity contribution >= 4 is 0 Å².